The number of sulfone groups is 2. The highest BCUT2D eigenvalue weighted by Crippen LogP contribution is 2.20. The quantitative estimate of drug-likeness (QED) is 0.768. The number of anilines is 1. The first-order valence-electron chi connectivity index (χ1n) is 5.66. The summed E-state index contributed by atoms with van der Waals surface area (Å²) in [5.41, 5.74) is 0.534. The van der Waals surface area contributed by atoms with Gasteiger partial charge in [0.05, 0.1) is 10.6 Å². The van der Waals surface area contributed by atoms with Crippen LogP contribution >= 0.6 is 0 Å². The zero-order valence-electron chi connectivity index (χ0n) is 10.7. The van der Waals surface area contributed by atoms with E-state index in [1.165, 1.54) is 12.1 Å². The maximum Gasteiger partial charge on any atom is 0.341 e. The minimum atomic E-state index is -4.58. The monoisotopic (exact) mass is 327 g/mol. The number of halogens is 2. The summed E-state index contributed by atoms with van der Waals surface area (Å²) in [6, 6.07) is 4.88. The Morgan fingerprint density at radius 3 is 2.10 bits per heavy atom. The molecule has 9 heteroatoms. The highest BCUT2D eigenvalue weighted by atomic mass is 32.2. The van der Waals surface area contributed by atoms with Crippen molar-refractivity contribution in [3.63, 3.8) is 0 Å². The van der Waals surface area contributed by atoms with Gasteiger partial charge in [0.2, 0.25) is 9.84 Å². The van der Waals surface area contributed by atoms with Gasteiger partial charge in [-0.15, -0.1) is 0 Å². The van der Waals surface area contributed by atoms with E-state index in [0.717, 1.165) is 18.4 Å². The van der Waals surface area contributed by atoms with E-state index in [1.807, 2.05) is 0 Å². The Bertz CT molecular complexity index is 640. The van der Waals surface area contributed by atoms with Gasteiger partial charge in [-0.25, -0.2) is 16.8 Å². The topological polar surface area (TPSA) is 80.3 Å². The van der Waals surface area contributed by atoms with Gasteiger partial charge in [0.15, 0.2) is 0 Å². The summed E-state index contributed by atoms with van der Waals surface area (Å²) in [4.78, 5) is -0.450. The fourth-order valence-electron chi connectivity index (χ4n) is 1.43. The SMILES string of the molecule is CS(=O)(=O)CCCNc1ccc(S(=O)(=O)C(F)F)cc1. The molecular formula is C11H15F2NO4S2. The zero-order chi connectivity index (χ0) is 15.4. The fraction of sp³-hybridized carbons (Fsp3) is 0.455. The standard InChI is InChI=1S/C11H15F2NO4S2/c1-19(15,16)8-2-7-14-9-3-5-10(6-4-9)20(17,18)11(12)13/h3-6,11,14H,2,7-8H2,1H3. The van der Waals surface area contributed by atoms with Crippen LogP contribution in [0.5, 0.6) is 0 Å². The highest BCUT2D eigenvalue weighted by molar-refractivity contribution is 7.91. The molecule has 20 heavy (non-hydrogen) atoms. The minimum absolute atomic E-state index is 0.0395. The lowest BCUT2D eigenvalue weighted by atomic mass is 10.3. The van der Waals surface area contributed by atoms with Gasteiger partial charge in [0, 0.05) is 18.5 Å². The molecule has 0 amide bonds. The largest absolute Gasteiger partial charge is 0.385 e. The number of nitrogens with one attached hydrogen (secondary N) is 1. The van der Waals surface area contributed by atoms with Gasteiger partial charge in [0.1, 0.15) is 9.84 Å². The Balaban J connectivity index is 2.60. The summed E-state index contributed by atoms with van der Waals surface area (Å²) < 4.78 is 68.7. The molecule has 0 bridgehead atoms. The number of hydrogen-bond donors (Lipinski definition) is 1. The second-order valence-electron chi connectivity index (χ2n) is 4.24. The van der Waals surface area contributed by atoms with Gasteiger partial charge in [-0.05, 0) is 30.7 Å². The molecule has 0 saturated carbocycles. The van der Waals surface area contributed by atoms with Crippen molar-refractivity contribution >= 4 is 25.4 Å². The fourth-order valence-corrected chi connectivity index (χ4v) is 2.82. The first kappa shape index (κ1) is 16.8. The molecule has 0 heterocycles. The Morgan fingerprint density at radius 1 is 1.10 bits per heavy atom. The van der Waals surface area contributed by atoms with E-state index in [-0.39, 0.29) is 5.75 Å². The smallest absolute Gasteiger partial charge is 0.341 e. The lowest BCUT2D eigenvalue weighted by Crippen LogP contribution is -2.12. The molecule has 1 aromatic carbocycles. The van der Waals surface area contributed by atoms with Crippen LogP contribution in [0.15, 0.2) is 29.2 Å². The van der Waals surface area contributed by atoms with Crippen LogP contribution in [0.25, 0.3) is 0 Å². The lowest BCUT2D eigenvalue weighted by molar-refractivity contribution is 0.234. The van der Waals surface area contributed by atoms with Crippen LogP contribution in [0, 0.1) is 0 Å². The molecule has 0 saturated heterocycles. The molecule has 0 unspecified atom stereocenters. The summed E-state index contributed by atoms with van der Waals surface area (Å²) in [6.45, 7) is 0.383. The molecule has 0 aliphatic rings. The van der Waals surface area contributed by atoms with Crippen molar-refractivity contribution in [3.8, 4) is 0 Å². The third-order valence-corrected chi connectivity index (χ3v) is 4.87. The van der Waals surface area contributed by atoms with Crippen molar-refractivity contribution in [1.82, 2.24) is 0 Å². The molecule has 1 rings (SSSR count). The van der Waals surface area contributed by atoms with E-state index in [1.54, 1.807) is 0 Å². The molecule has 0 aliphatic heterocycles. The van der Waals surface area contributed by atoms with Crippen LogP contribution in [0.2, 0.25) is 0 Å². The molecule has 0 aliphatic carbocycles. The number of alkyl halides is 2. The van der Waals surface area contributed by atoms with E-state index in [2.05, 4.69) is 5.32 Å². The summed E-state index contributed by atoms with van der Waals surface area (Å²) in [7, 11) is -7.60. The first-order valence-corrected chi connectivity index (χ1v) is 9.27. The molecule has 0 radical (unpaired) electrons. The van der Waals surface area contributed by atoms with Crippen LogP contribution in [0.1, 0.15) is 6.42 Å². The molecule has 1 aromatic rings. The van der Waals surface area contributed by atoms with Crippen molar-refractivity contribution in [1.29, 1.82) is 0 Å². The predicted octanol–water partition coefficient (Wildman–Crippen LogP) is 1.53. The van der Waals surface area contributed by atoms with Crippen molar-refractivity contribution in [2.45, 2.75) is 17.1 Å². The van der Waals surface area contributed by atoms with Crippen LogP contribution in [-0.4, -0.2) is 41.1 Å². The highest BCUT2D eigenvalue weighted by Gasteiger charge is 2.26. The van der Waals surface area contributed by atoms with Crippen molar-refractivity contribution < 1.29 is 25.6 Å². The predicted molar refractivity (Wildman–Crippen MR) is 72.4 cm³/mol. The van der Waals surface area contributed by atoms with E-state index in [4.69, 9.17) is 0 Å². The zero-order valence-corrected chi connectivity index (χ0v) is 12.3. The maximum absolute atomic E-state index is 12.3. The molecular weight excluding hydrogens is 312 g/mol. The number of benzene rings is 1. The Labute approximate surface area is 116 Å². The lowest BCUT2D eigenvalue weighted by Gasteiger charge is -2.07. The van der Waals surface area contributed by atoms with Crippen LogP contribution in [-0.2, 0) is 19.7 Å². The Kier molecular flexibility index (Phi) is 5.46. The van der Waals surface area contributed by atoms with Crippen molar-refractivity contribution in [2.24, 2.45) is 0 Å². The average molecular weight is 327 g/mol. The second kappa shape index (κ2) is 6.49. The van der Waals surface area contributed by atoms with Crippen LogP contribution < -0.4 is 5.32 Å². The van der Waals surface area contributed by atoms with E-state index in [9.17, 15) is 25.6 Å². The Morgan fingerprint density at radius 2 is 1.65 bits per heavy atom. The summed E-state index contributed by atoms with van der Waals surface area (Å²) in [5.74, 6) is -3.41. The third kappa shape index (κ3) is 5.04. The maximum atomic E-state index is 12.3. The van der Waals surface area contributed by atoms with Crippen LogP contribution in [0.4, 0.5) is 14.5 Å². The minimum Gasteiger partial charge on any atom is -0.385 e. The van der Waals surface area contributed by atoms with Crippen LogP contribution in [0.3, 0.4) is 0 Å². The molecule has 1 N–H and O–H groups in total. The first-order chi connectivity index (χ1) is 9.13. The van der Waals surface area contributed by atoms with Gasteiger partial charge in [0.25, 0.3) is 0 Å². The van der Waals surface area contributed by atoms with Crippen molar-refractivity contribution in [2.75, 3.05) is 23.9 Å². The Hall–Kier alpha value is -1.22. The number of rotatable bonds is 7. The van der Waals surface area contributed by atoms with E-state index < -0.39 is 30.3 Å². The van der Waals surface area contributed by atoms with Gasteiger partial charge < -0.3 is 5.32 Å². The molecule has 0 aromatic heterocycles. The summed E-state index contributed by atoms with van der Waals surface area (Å²) >= 11 is 0. The molecule has 0 fully saturated rings. The summed E-state index contributed by atoms with van der Waals surface area (Å²) in [5, 5.41) is 2.88. The third-order valence-electron chi connectivity index (χ3n) is 2.44. The van der Waals surface area contributed by atoms with Crippen molar-refractivity contribution in [3.05, 3.63) is 24.3 Å². The van der Waals surface area contributed by atoms with Gasteiger partial charge >= 0.3 is 5.76 Å². The molecule has 0 spiro atoms. The van der Waals surface area contributed by atoms with E-state index >= 15 is 0 Å². The normalized spacial score (nSPS) is 12.6. The molecule has 5 nitrogen and oxygen atoms in total. The number of hydrogen-bond acceptors (Lipinski definition) is 5. The second-order valence-corrected chi connectivity index (χ2v) is 8.42. The van der Waals surface area contributed by atoms with Gasteiger partial charge in [-0.1, -0.05) is 0 Å². The molecule has 0 atom stereocenters. The van der Waals surface area contributed by atoms with Gasteiger partial charge in [-0.3, -0.25) is 0 Å². The summed E-state index contributed by atoms with van der Waals surface area (Å²) in [6.07, 6.45) is 1.53. The van der Waals surface area contributed by atoms with Gasteiger partial charge in [-0.2, -0.15) is 8.78 Å². The van der Waals surface area contributed by atoms with E-state index in [0.29, 0.717) is 18.7 Å². The average Bonchev–Trinajstić information content (AvgIpc) is 2.34. The molecule has 114 valence electrons.